The predicted molar refractivity (Wildman–Crippen MR) is 152 cm³/mol. The zero-order chi connectivity index (χ0) is 29.0. The fourth-order valence-electron chi connectivity index (χ4n) is 4.59. The monoisotopic (exact) mass is 550 g/mol. The maximum atomic E-state index is 13.8. The lowest BCUT2D eigenvalue weighted by molar-refractivity contribution is -0.136. The van der Waals surface area contributed by atoms with Crippen LogP contribution in [-0.4, -0.2) is 27.0 Å². The number of hydrogen-bond donors (Lipinski definition) is 1. The second-order valence-electron chi connectivity index (χ2n) is 10.2. The van der Waals surface area contributed by atoms with E-state index < -0.39 is 23.8 Å². The highest BCUT2D eigenvalue weighted by Crippen LogP contribution is 2.35. The first-order chi connectivity index (χ1) is 19.0. The number of hydrogen-bond acceptors (Lipinski definition) is 3. The molecule has 210 valence electrons. The van der Waals surface area contributed by atoms with Crippen molar-refractivity contribution < 1.29 is 18.0 Å². The number of urea groups is 1. The first kappa shape index (κ1) is 28.9. The number of amides is 2. The Morgan fingerprint density at radius 2 is 1.62 bits per heavy atom. The topological polar surface area (TPSA) is 67.2 Å². The Labute approximate surface area is 231 Å². The van der Waals surface area contributed by atoms with E-state index in [4.69, 9.17) is 4.98 Å². The van der Waals surface area contributed by atoms with Gasteiger partial charge in [0.1, 0.15) is 5.82 Å². The molecule has 0 radical (unpaired) electrons. The molecule has 0 saturated heterocycles. The number of halogens is 3. The normalized spacial score (nSPS) is 12.5. The highest BCUT2D eigenvalue weighted by atomic mass is 19.4. The van der Waals surface area contributed by atoms with Crippen molar-refractivity contribution in [3.63, 3.8) is 0 Å². The molecule has 1 heterocycles. The van der Waals surface area contributed by atoms with E-state index in [1.165, 1.54) is 27.7 Å². The third kappa shape index (κ3) is 6.19. The number of anilines is 1. The standard InChI is InChI=1S/C31H33F3N4O2/c1-5-22-14-16-23(17-15-22)38-28(35-26-12-8-6-10-24(26)29(38)39)21(4)37(19-18-20(2)3)30(40)36-27-13-9-7-11-25(27)31(32,33)34/h6-17,20-21H,5,18-19H2,1-4H3,(H,36,40). The summed E-state index contributed by atoms with van der Waals surface area (Å²) in [4.78, 5) is 33.7. The number of rotatable bonds is 8. The number of benzene rings is 3. The van der Waals surface area contributed by atoms with Crippen LogP contribution in [0.3, 0.4) is 0 Å². The first-order valence-electron chi connectivity index (χ1n) is 13.4. The minimum atomic E-state index is -4.64. The van der Waals surface area contributed by atoms with Gasteiger partial charge in [0.2, 0.25) is 0 Å². The van der Waals surface area contributed by atoms with Crippen LogP contribution in [0.25, 0.3) is 16.6 Å². The summed E-state index contributed by atoms with van der Waals surface area (Å²) in [5, 5.41) is 2.90. The molecule has 0 saturated carbocycles. The Morgan fingerprint density at radius 1 is 0.975 bits per heavy atom. The Bertz CT molecular complexity index is 1550. The summed E-state index contributed by atoms with van der Waals surface area (Å²) in [6.45, 7) is 8.02. The molecule has 6 nitrogen and oxygen atoms in total. The summed E-state index contributed by atoms with van der Waals surface area (Å²) in [6, 6.07) is 17.9. The van der Waals surface area contributed by atoms with Crippen LogP contribution in [0.2, 0.25) is 0 Å². The highest BCUT2D eigenvalue weighted by Gasteiger charge is 2.35. The molecule has 40 heavy (non-hydrogen) atoms. The zero-order valence-electron chi connectivity index (χ0n) is 23.0. The van der Waals surface area contributed by atoms with Gasteiger partial charge in [0.25, 0.3) is 5.56 Å². The molecule has 4 rings (SSSR count). The lowest BCUT2D eigenvalue weighted by atomic mass is 10.1. The van der Waals surface area contributed by atoms with Crippen LogP contribution in [0, 0.1) is 5.92 Å². The summed E-state index contributed by atoms with van der Waals surface area (Å²) in [5.41, 5.74) is 0.610. The van der Waals surface area contributed by atoms with Crippen LogP contribution < -0.4 is 10.9 Å². The van der Waals surface area contributed by atoms with Crippen LogP contribution in [0.4, 0.5) is 23.7 Å². The molecule has 0 bridgehead atoms. The number of nitrogens with zero attached hydrogens (tertiary/aromatic N) is 3. The summed E-state index contributed by atoms with van der Waals surface area (Å²) in [6.07, 6.45) is -3.21. The quantitative estimate of drug-likeness (QED) is 0.246. The highest BCUT2D eigenvalue weighted by molar-refractivity contribution is 5.90. The lowest BCUT2D eigenvalue weighted by Gasteiger charge is -2.31. The molecule has 0 aliphatic heterocycles. The van der Waals surface area contributed by atoms with E-state index in [1.807, 2.05) is 45.0 Å². The van der Waals surface area contributed by atoms with E-state index in [0.717, 1.165) is 18.1 Å². The van der Waals surface area contributed by atoms with Gasteiger partial charge in [-0.15, -0.1) is 0 Å². The van der Waals surface area contributed by atoms with Crippen LogP contribution in [0.5, 0.6) is 0 Å². The smallest absolute Gasteiger partial charge is 0.315 e. The lowest BCUT2D eigenvalue weighted by Crippen LogP contribution is -2.41. The number of para-hydroxylation sites is 2. The fourth-order valence-corrected chi connectivity index (χ4v) is 4.59. The zero-order valence-corrected chi connectivity index (χ0v) is 23.0. The molecule has 0 fully saturated rings. The molecule has 1 aromatic heterocycles. The van der Waals surface area contributed by atoms with Crippen LogP contribution in [0.1, 0.15) is 57.1 Å². The van der Waals surface area contributed by atoms with Crippen molar-refractivity contribution in [3.05, 3.63) is 100 Å². The molecule has 0 aliphatic carbocycles. The van der Waals surface area contributed by atoms with Gasteiger partial charge in [-0.05, 0) is 67.6 Å². The largest absolute Gasteiger partial charge is 0.418 e. The van der Waals surface area contributed by atoms with Gasteiger partial charge in [-0.3, -0.25) is 9.36 Å². The Balaban J connectivity index is 1.83. The van der Waals surface area contributed by atoms with Gasteiger partial charge >= 0.3 is 12.2 Å². The van der Waals surface area contributed by atoms with Crippen molar-refractivity contribution in [2.45, 2.75) is 52.8 Å². The van der Waals surface area contributed by atoms with Crippen molar-refractivity contribution in [3.8, 4) is 5.69 Å². The molecular formula is C31H33F3N4O2. The van der Waals surface area contributed by atoms with Gasteiger partial charge in [0.05, 0.1) is 33.9 Å². The number of aryl methyl sites for hydroxylation is 1. The molecule has 1 atom stereocenters. The molecule has 2 amide bonds. The SMILES string of the molecule is CCc1ccc(-n2c(C(C)N(CCC(C)C)C(=O)Nc3ccccc3C(F)(F)F)nc3ccccc3c2=O)cc1. The van der Waals surface area contributed by atoms with E-state index >= 15 is 0 Å². The number of aromatic nitrogens is 2. The summed E-state index contributed by atoms with van der Waals surface area (Å²) < 4.78 is 42.4. The van der Waals surface area contributed by atoms with Crippen LogP contribution in [-0.2, 0) is 12.6 Å². The van der Waals surface area contributed by atoms with Crippen LogP contribution in [0.15, 0.2) is 77.6 Å². The predicted octanol–water partition coefficient (Wildman–Crippen LogP) is 7.61. The number of carbonyl (C=O) groups is 1. The minimum Gasteiger partial charge on any atom is -0.315 e. The maximum Gasteiger partial charge on any atom is 0.418 e. The van der Waals surface area contributed by atoms with Crippen molar-refractivity contribution in [1.82, 2.24) is 14.5 Å². The first-order valence-corrected chi connectivity index (χ1v) is 13.4. The molecule has 9 heteroatoms. The summed E-state index contributed by atoms with van der Waals surface area (Å²) in [7, 11) is 0. The van der Waals surface area contributed by atoms with Crippen molar-refractivity contribution in [2.24, 2.45) is 5.92 Å². The van der Waals surface area contributed by atoms with E-state index in [9.17, 15) is 22.8 Å². The van der Waals surface area contributed by atoms with Gasteiger partial charge < -0.3 is 10.2 Å². The second kappa shape index (κ2) is 11.9. The average Bonchev–Trinajstić information content (AvgIpc) is 2.92. The summed E-state index contributed by atoms with van der Waals surface area (Å²) >= 11 is 0. The van der Waals surface area contributed by atoms with E-state index in [0.29, 0.717) is 28.8 Å². The fraction of sp³-hybridized carbons (Fsp3) is 0.323. The van der Waals surface area contributed by atoms with Crippen LogP contribution >= 0.6 is 0 Å². The summed E-state index contributed by atoms with van der Waals surface area (Å²) in [5.74, 6) is 0.536. The van der Waals surface area contributed by atoms with Gasteiger partial charge in [-0.1, -0.05) is 57.2 Å². The Kier molecular flexibility index (Phi) is 8.61. The third-order valence-electron chi connectivity index (χ3n) is 6.93. The van der Waals surface area contributed by atoms with Gasteiger partial charge in [-0.25, -0.2) is 9.78 Å². The molecule has 4 aromatic rings. The third-order valence-corrected chi connectivity index (χ3v) is 6.93. The number of alkyl halides is 3. The van der Waals surface area contributed by atoms with Gasteiger partial charge in [-0.2, -0.15) is 13.2 Å². The average molecular weight is 551 g/mol. The van der Waals surface area contributed by atoms with Crippen molar-refractivity contribution in [1.29, 1.82) is 0 Å². The van der Waals surface area contributed by atoms with E-state index in [1.54, 1.807) is 31.2 Å². The number of fused-ring (bicyclic) bond motifs is 1. The maximum absolute atomic E-state index is 13.8. The second-order valence-corrected chi connectivity index (χ2v) is 10.2. The number of carbonyl (C=O) groups excluding carboxylic acids is 1. The van der Waals surface area contributed by atoms with Crippen molar-refractivity contribution in [2.75, 3.05) is 11.9 Å². The Hall–Kier alpha value is -4.14. The molecule has 3 aromatic carbocycles. The number of nitrogens with one attached hydrogen (secondary N) is 1. The molecule has 1 unspecified atom stereocenters. The molecule has 0 spiro atoms. The van der Waals surface area contributed by atoms with Gasteiger partial charge in [0, 0.05) is 6.54 Å². The van der Waals surface area contributed by atoms with E-state index in [-0.39, 0.29) is 23.7 Å². The van der Waals surface area contributed by atoms with E-state index in [2.05, 4.69) is 5.32 Å². The van der Waals surface area contributed by atoms with Crippen molar-refractivity contribution >= 4 is 22.6 Å². The molecule has 0 aliphatic rings. The van der Waals surface area contributed by atoms with Gasteiger partial charge in [0.15, 0.2) is 0 Å². The minimum absolute atomic E-state index is 0.221. The Morgan fingerprint density at radius 3 is 2.27 bits per heavy atom. The molecule has 1 N–H and O–H groups in total. The molecular weight excluding hydrogens is 517 g/mol.